The van der Waals surface area contributed by atoms with Crippen LogP contribution in [-0.2, 0) is 27.4 Å². The lowest BCUT2D eigenvalue weighted by Gasteiger charge is -2.12. The molecule has 8 nitrogen and oxygen atoms in total. The number of carbonyl (C=O) groups excluding carboxylic acids is 1. The number of rotatable bonds is 8. The van der Waals surface area contributed by atoms with Gasteiger partial charge in [-0.15, -0.1) is 0 Å². The lowest BCUT2D eigenvalue weighted by Crippen LogP contribution is -2.38. The molecule has 0 amide bonds. The number of nitrogens with one attached hydrogen (secondary N) is 1. The highest BCUT2D eigenvalue weighted by Crippen LogP contribution is 2.28. The van der Waals surface area contributed by atoms with Crippen LogP contribution >= 0.6 is 0 Å². The molecule has 4 aromatic rings. The number of aromatic nitrogens is 3. The summed E-state index contributed by atoms with van der Waals surface area (Å²) in [5.41, 5.74) is 0.243. The molecule has 0 aliphatic carbocycles. The molecule has 0 spiro atoms. The summed E-state index contributed by atoms with van der Waals surface area (Å²) in [6.45, 7) is 1.38. The van der Waals surface area contributed by atoms with E-state index in [1.54, 1.807) is 0 Å². The molecule has 0 saturated carbocycles. The highest BCUT2D eigenvalue weighted by molar-refractivity contribution is 7.89. The molecule has 1 aromatic carbocycles. The minimum absolute atomic E-state index is 0.0727. The van der Waals surface area contributed by atoms with Gasteiger partial charge in [0.2, 0.25) is 5.09 Å². The molecule has 0 radical (unpaired) electrons. The van der Waals surface area contributed by atoms with Gasteiger partial charge in [-0.2, -0.15) is 17.9 Å². The van der Waals surface area contributed by atoms with Gasteiger partial charge in [0, 0.05) is 35.3 Å². The van der Waals surface area contributed by atoms with E-state index < -0.39 is 44.6 Å². The number of sulfonamides is 1. The van der Waals surface area contributed by atoms with Crippen LogP contribution in [0.2, 0.25) is 0 Å². The highest BCUT2D eigenvalue weighted by atomic mass is 32.2. The molecule has 13 heteroatoms. The number of nitrogens with zero attached hydrogens (tertiary/aromatic N) is 3. The molecule has 0 aliphatic rings. The number of benzene rings is 1. The summed E-state index contributed by atoms with van der Waals surface area (Å²) in [6.07, 6.45) is -2.24. The first-order valence-corrected chi connectivity index (χ1v) is 12.0. The van der Waals surface area contributed by atoms with Crippen LogP contribution in [0.4, 0.5) is 17.6 Å². The van der Waals surface area contributed by atoms with Crippen molar-refractivity contribution in [2.45, 2.75) is 37.1 Å². The van der Waals surface area contributed by atoms with E-state index in [0.29, 0.717) is 17.0 Å². The topological polar surface area (TPSA) is 115 Å². The van der Waals surface area contributed by atoms with E-state index in [4.69, 9.17) is 4.42 Å². The first-order valence-electron chi connectivity index (χ1n) is 10.5. The molecule has 0 unspecified atom stereocenters. The largest absolute Gasteiger partial charge is 0.443 e. The Labute approximate surface area is 202 Å². The number of hydrogen-bond acceptors (Lipinski definition) is 7. The molecule has 0 aliphatic heterocycles. The van der Waals surface area contributed by atoms with E-state index in [0.717, 1.165) is 30.5 Å². The Balaban J connectivity index is 1.39. The fourth-order valence-electron chi connectivity index (χ4n) is 3.35. The molecule has 1 atom stereocenters. The van der Waals surface area contributed by atoms with Crippen LogP contribution in [-0.4, -0.2) is 35.2 Å². The predicted octanol–water partition coefficient (Wildman–Crippen LogP) is 4.31. The first-order chi connectivity index (χ1) is 16.9. The minimum Gasteiger partial charge on any atom is -0.443 e. The standard InChI is InChI=1S/C23H18F4N4O4S/c1-13(31-36(33,34)22-9-15-8-16(24)3-6-20(15)35-22)19(32)5-4-17-10-18(30-12-29-17)14-2-7-21(28-11-14)23(25,26)27/h2-3,6-13,31H,4-5H2,1H3/t13-/m0/s1. The van der Waals surface area contributed by atoms with Gasteiger partial charge in [-0.05, 0) is 49.7 Å². The number of carbonyl (C=O) groups is 1. The van der Waals surface area contributed by atoms with Gasteiger partial charge in [0.1, 0.15) is 23.4 Å². The van der Waals surface area contributed by atoms with Gasteiger partial charge >= 0.3 is 6.18 Å². The van der Waals surface area contributed by atoms with E-state index in [1.807, 2.05) is 0 Å². The first kappa shape index (κ1) is 25.4. The van der Waals surface area contributed by atoms with Gasteiger partial charge < -0.3 is 4.42 Å². The van der Waals surface area contributed by atoms with E-state index in [2.05, 4.69) is 19.7 Å². The van der Waals surface area contributed by atoms with Crippen LogP contribution in [0, 0.1) is 5.82 Å². The second kappa shape index (κ2) is 9.74. The molecule has 4 rings (SSSR count). The number of Topliss-reactive ketones (excluding diaryl/α,β-unsaturated/α-hetero) is 1. The number of alkyl halides is 3. The molecule has 0 saturated heterocycles. The number of hydrogen-bond donors (Lipinski definition) is 1. The summed E-state index contributed by atoms with van der Waals surface area (Å²) in [6, 6.07) is 7.21. The van der Waals surface area contributed by atoms with Crippen molar-refractivity contribution in [2.24, 2.45) is 0 Å². The second-order valence-corrected chi connectivity index (χ2v) is 9.53. The molecule has 3 aromatic heterocycles. The minimum atomic E-state index is -4.56. The van der Waals surface area contributed by atoms with E-state index >= 15 is 0 Å². The molecular formula is C23H18F4N4O4S. The lowest BCUT2D eigenvalue weighted by molar-refractivity contribution is -0.141. The van der Waals surface area contributed by atoms with Crippen molar-refractivity contribution in [1.29, 1.82) is 0 Å². The third-order valence-electron chi connectivity index (χ3n) is 5.24. The van der Waals surface area contributed by atoms with Crippen molar-refractivity contribution in [3.63, 3.8) is 0 Å². The Kier molecular flexibility index (Phi) is 6.87. The summed E-state index contributed by atoms with van der Waals surface area (Å²) in [4.78, 5) is 24.0. The van der Waals surface area contributed by atoms with E-state index in [1.165, 1.54) is 31.5 Å². The predicted molar refractivity (Wildman–Crippen MR) is 120 cm³/mol. The number of furan rings is 1. The zero-order valence-corrected chi connectivity index (χ0v) is 19.4. The number of aryl methyl sites for hydroxylation is 1. The zero-order valence-electron chi connectivity index (χ0n) is 18.6. The van der Waals surface area contributed by atoms with Crippen LogP contribution in [0.15, 0.2) is 64.5 Å². The zero-order chi connectivity index (χ0) is 26.1. The smallest absolute Gasteiger partial charge is 0.433 e. The summed E-state index contributed by atoms with van der Waals surface area (Å²) in [7, 11) is -4.19. The summed E-state index contributed by atoms with van der Waals surface area (Å²) >= 11 is 0. The van der Waals surface area contributed by atoms with Gasteiger partial charge in [0.15, 0.2) is 5.78 Å². The number of pyridine rings is 1. The van der Waals surface area contributed by atoms with Crippen molar-refractivity contribution < 1.29 is 35.2 Å². The van der Waals surface area contributed by atoms with Gasteiger partial charge in [-0.3, -0.25) is 9.78 Å². The lowest BCUT2D eigenvalue weighted by atomic mass is 10.1. The Bertz CT molecular complexity index is 1520. The van der Waals surface area contributed by atoms with Gasteiger partial charge in [0.25, 0.3) is 10.0 Å². The maximum absolute atomic E-state index is 13.4. The normalized spacial score (nSPS) is 13.1. The fourth-order valence-corrected chi connectivity index (χ4v) is 4.55. The molecule has 0 bridgehead atoms. The molecule has 188 valence electrons. The highest BCUT2D eigenvalue weighted by Gasteiger charge is 2.32. The summed E-state index contributed by atoms with van der Waals surface area (Å²) < 4.78 is 84.2. The number of halogens is 4. The quantitative estimate of drug-likeness (QED) is 0.343. The third-order valence-corrected chi connectivity index (χ3v) is 6.63. The Morgan fingerprint density at radius 1 is 1.08 bits per heavy atom. The number of fused-ring (bicyclic) bond motifs is 1. The van der Waals surface area contributed by atoms with Crippen LogP contribution in [0.3, 0.4) is 0 Å². The SMILES string of the molecule is C[C@H](NS(=O)(=O)c1cc2cc(F)ccc2o1)C(=O)CCc1cc(-c2ccc(C(F)(F)F)nc2)ncn1. The van der Waals surface area contributed by atoms with E-state index in [-0.39, 0.29) is 23.8 Å². The maximum Gasteiger partial charge on any atom is 0.433 e. The average molecular weight is 522 g/mol. The van der Waals surface area contributed by atoms with Crippen LogP contribution in [0.25, 0.3) is 22.2 Å². The van der Waals surface area contributed by atoms with Crippen molar-refractivity contribution in [2.75, 3.05) is 0 Å². The fraction of sp³-hybridized carbons (Fsp3) is 0.217. The van der Waals surface area contributed by atoms with Crippen LogP contribution in [0.1, 0.15) is 24.7 Å². The van der Waals surface area contributed by atoms with Crippen molar-refractivity contribution in [3.05, 3.63) is 72.2 Å². The second-order valence-electron chi connectivity index (χ2n) is 7.88. The monoisotopic (exact) mass is 522 g/mol. The molecule has 36 heavy (non-hydrogen) atoms. The molecule has 1 N–H and O–H groups in total. The summed E-state index contributed by atoms with van der Waals surface area (Å²) in [5, 5.41) is -0.189. The third kappa shape index (κ3) is 5.74. The van der Waals surface area contributed by atoms with Gasteiger partial charge in [-0.1, -0.05) is 0 Å². The van der Waals surface area contributed by atoms with Crippen LogP contribution < -0.4 is 4.72 Å². The summed E-state index contributed by atoms with van der Waals surface area (Å²) in [5.74, 6) is -0.983. The molecule has 3 heterocycles. The van der Waals surface area contributed by atoms with Crippen LogP contribution in [0.5, 0.6) is 0 Å². The number of ketones is 1. The maximum atomic E-state index is 13.4. The van der Waals surface area contributed by atoms with Gasteiger partial charge in [-0.25, -0.2) is 22.8 Å². The van der Waals surface area contributed by atoms with Gasteiger partial charge in [0.05, 0.1) is 11.7 Å². The Morgan fingerprint density at radius 3 is 2.56 bits per heavy atom. The Morgan fingerprint density at radius 2 is 1.86 bits per heavy atom. The average Bonchev–Trinajstić information content (AvgIpc) is 3.26. The van der Waals surface area contributed by atoms with E-state index in [9.17, 15) is 30.8 Å². The van der Waals surface area contributed by atoms with Crippen molar-refractivity contribution in [1.82, 2.24) is 19.7 Å². The molecule has 0 fully saturated rings. The van der Waals surface area contributed by atoms with Crippen molar-refractivity contribution in [3.8, 4) is 11.3 Å². The van der Waals surface area contributed by atoms with Crippen molar-refractivity contribution >= 4 is 26.8 Å². The Hall–Kier alpha value is -3.71. The molecular weight excluding hydrogens is 504 g/mol.